The summed E-state index contributed by atoms with van der Waals surface area (Å²) < 4.78 is 5.07. The molecule has 0 aliphatic heterocycles. The Morgan fingerprint density at radius 3 is 2.67 bits per heavy atom. The molecular weight excluding hydrogens is 350 g/mol. The fourth-order valence-electron chi connectivity index (χ4n) is 2.56. The smallest absolute Gasteiger partial charge is 0.341 e. The van der Waals surface area contributed by atoms with E-state index in [4.69, 9.17) is 9.84 Å². The molecule has 3 rings (SSSR count). The van der Waals surface area contributed by atoms with Gasteiger partial charge in [0.2, 0.25) is 0 Å². The van der Waals surface area contributed by atoms with Gasteiger partial charge >= 0.3 is 5.97 Å². The minimum atomic E-state index is -1.10. The number of aliphatic carboxylic acids is 1. The summed E-state index contributed by atoms with van der Waals surface area (Å²) in [5.74, 6) is -1.80. The molecule has 136 valence electrons. The molecule has 0 fully saturated rings. The molecule has 27 heavy (non-hydrogen) atoms. The van der Waals surface area contributed by atoms with Crippen molar-refractivity contribution < 1.29 is 24.5 Å². The number of benzene rings is 2. The topological polar surface area (TPSA) is 117 Å². The number of pyridine rings is 1. The van der Waals surface area contributed by atoms with E-state index in [-0.39, 0.29) is 11.3 Å². The van der Waals surface area contributed by atoms with Crippen LogP contribution in [0.4, 0.5) is 0 Å². The van der Waals surface area contributed by atoms with E-state index < -0.39 is 23.9 Å². The van der Waals surface area contributed by atoms with E-state index in [0.717, 1.165) is 6.08 Å². The van der Waals surface area contributed by atoms with E-state index in [1.807, 2.05) is 0 Å². The maximum atomic E-state index is 12.4. The second kappa shape index (κ2) is 7.57. The number of fused-ring (bicyclic) bond motifs is 1. The second-order valence-electron chi connectivity index (χ2n) is 5.68. The highest BCUT2D eigenvalue weighted by Gasteiger charge is 2.16. The number of ketones is 1. The first-order chi connectivity index (χ1) is 13.0. The lowest BCUT2D eigenvalue weighted by Gasteiger charge is -2.05. The van der Waals surface area contributed by atoms with Crippen molar-refractivity contribution in [3.8, 4) is 11.5 Å². The van der Waals surface area contributed by atoms with E-state index in [1.165, 1.54) is 6.08 Å². The first kappa shape index (κ1) is 17.9. The third kappa shape index (κ3) is 4.04. The number of aromatic nitrogens is 1. The van der Waals surface area contributed by atoms with Gasteiger partial charge in [-0.2, -0.15) is 0 Å². The Labute approximate surface area is 153 Å². The Bertz CT molecular complexity index is 1110. The van der Waals surface area contributed by atoms with Gasteiger partial charge in [0.25, 0.3) is 5.56 Å². The minimum absolute atomic E-state index is 0.332. The molecule has 0 saturated carbocycles. The zero-order chi connectivity index (χ0) is 19.4. The summed E-state index contributed by atoms with van der Waals surface area (Å²) in [6, 6.07) is 13.1. The Morgan fingerprint density at radius 1 is 1.11 bits per heavy atom. The van der Waals surface area contributed by atoms with Gasteiger partial charge in [-0.05, 0) is 35.9 Å². The average Bonchev–Trinajstić information content (AvgIpc) is 2.65. The fourth-order valence-corrected chi connectivity index (χ4v) is 2.56. The number of para-hydroxylation sites is 1. The number of allylic oxidation sites excluding steroid dienone is 1. The number of aromatic amines is 1. The van der Waals surface area contributed by atoms with Gasteiger partial charge in [-0.25, -0.2) is 4.79 Å². The number of carbonyl (C=O) groups excluding carboxylic acids is 1. The molecule has 0 spiro atoms. The van der Waals surface area contributed by atoms with Crippen molar-refractivity contribution >= 4 is 28.7 Å². The number of ether oxygens (including phenoxy) is 1. The van der Waals surface area contributed by atoms with Crippen molar-refractivity contribution in [1.82, 2.24) is 4.98 Å². The molecule has 0 amide bonds. The highest BCUT2D eigenvalue weighted by atomic mass is 16.5. The van der Waals surface area contributed by atoms with Gasteiger partial charge in [-0.3, -0.25) is 9.59 Å². The van der Waals surface area contributed by atoms with Gasteiger partial charge in [-0.15, -0.1) is 0 Å². The lowest BCUT2D eigenvalue weighted by atomic mass is 10.1. The quantitative estimate of drug-likeness (QED) is 0.457. The third-order valence-corrected chi connectivity index (χ3v) is 3.79. The molecule has 7 heteroatoms. The first-order valence-corrected chi connectivity index (χ1v) is 7.97. The zero-order valence-corrected chi connectivity index (χ0v) is 14.0. The standard InChI is InChI=1S/C20H15NO6/c22-16(9-8-12-4-3-5-13(10-12)27-11-17(23)24)18-19(25)14-6-1-2-7-15(14)21-20(18)26/h1-10H,11H2,(H,23,24)(H2,21,25,26)/b9-8+. The number of hydrogen-bond donors (Lipinski definition) is 3. The van der Waals surface area contributed by atoms with Crippen molar-refractivity contribution in [3.05, 3.63) is 76.1 Å². The molecule has 0 atom stereocenters. The SMILES string of the molecule is O=C(O)COc1cccc(/C=C/C(=O)c2c(O)c3ccccc3[nH]c2=O)c1. The predicted octanol–water partition coefficient (Wildman–Crippen LogP) is 2.59. The molecule has 0 saturated heterocycles. The normalized spacial score (nSPS) is 11.0. The first-order valence-electron chi connectivity index (χ1n) is 7.97. The minimum Gasteiger partial charge on any atom is -0.506 e. The Kier molecular flexibility index (Phi) is 5.03. The van der Waals surface area contributed by atoms with Crippen LogP contribution in [0.5, 0.6) is 11.5 Å². The number of aromatic hydroxyl groups is 1. The van der Waals surface area contributed by atoms with Crippen LogP contribution in [-0.2, 0) is 4.79 Å². The van der Waals surface area contributed by atoms with Crippen molar-refractivity contribution in [1.29, 1.82) is 0 Å². The Hall–Kier alpha value is -3.87. The van der Waals surface area contributed by atoms with E-state index in [0.29, 0.717) is 22.2 Å². The molecule has 3 aromatic rings. The molecular formula is C20H15NO6. The Balaban J connectivity index is 1.88. The van der Waals surface area contributed by atoms with Crippen LogP contribution in [0.1, 0.15) is 15.9 Å². The van der Waals surface area contributed by atoms with Gasteiger partial charge < -0.3 is 19.9 Å². The highest BCUT2D eigenvalue weighted by Crippen LogP contribution is 2.25. The van der Waals surface area contributed by atoms with Gasteiger partial charge in [0, 0.05) is 5.39 Å². The molecule has 0 bridgehead atoms. The third-order valence-electron chi connectivity index (χ3n) is 3.79. The number of H-pyrrole nitrogens is 1. The summed E-state index contributed by atoms with van der Waals surface area (Å²) >= 11 is 0. The summed E-state index contributed by atoms with van der Waals surface area (Å²) in [6.45, 7) is -0.480. The second-order valence-corrected chi connectivity index (χ2v) is 5.68. The van der Waals surface area contributed by atoms with Crippen LogP contribution in [-0.4, -0.2) is 33.6 Å². The van der Waals surface area contributed by atoms with Gasteiger partial charge in [0.1, 0.15) is 17.1 Å². The zero-order valence-electron chi connectivity index (χ0n) is 14.0. The van der Waals surface area contributed by atoms with Crippen molar-refractivity contribution in [2.75, 3.05) is 6.61 Å². The molecule has 0 aliphatic rings. The summed E-state index contributed by atoms with van der Waals surface area (Å²) in [6.07, 6.45) is 2.61. The van der Waals surface area contributed by atoms with Crippen LogP contribution in [0.15, 0.2) is 59.4 Å². The lowest BCUT2D eigenvalue weighted by molar-refractivity contribution is -0.139. The van der Waals surface area contributed by atoms with Crippen LogP contribution in [0.2, 0.25) is 0 Å². The lowest BCUT2D eigenvalue weighted by Crippen LogP contribution is -2.16. The van der Waals surface area contributed by atoms with Gasteiger partial charge in [0.15, 0.2) is 12.4 Å². The maximum Gasteiger partial charge on any atom is 0.341 e. The largest absolute Gasteiger partial charge is 0.506 e. The average molecular weight is 365 g/mol. The number of nitrogens with one attached hydrogen (secondary N) is 1. The number of carbonyl (C=O) groups is 2. The number of carboxylic acids is 1. The van der Waals surface area contributed by atoms with Crippen molar-refractivity contribution in [2.24, 2.45) is 0 Å². The van der Waals surface area contributed by atoms with Crippen molar-refractivity contribution in [3.63, 3.8) is 0 Å². The van der Waals surface area contributed by atoms with Crippen LogP contribution in [0.25, 0.3) is 17.0 Å². The van der Waals surface area contributed by atoms with E-state index >= 15 is 0 Å². The van der Waals surface area contributed by atoms with Crippen LogP contribution in [0.3, 0.4) is 0 Å². The number of carboxylic acid groups (broad SMARTS) is 1. The predicted molar refractivity (Wildman–Crippen MR) is 99.2 cm³/mol. The van der Waals surface area contributed by atoms with Crippen molar-refractivity contribution in [2.45, 2.75) is 0 Å². The number of hydrogen-bond acceptors (Lipinski definition) is 5. The van der Waals surface area contributed by atoms with Gasteiger partial charge in [0.05, 0.1) is 5.52 Å². The molecule has 7 nitrogen and oxygen atoms in total. The Morgan fingerprint density at radius 2 is 1.89 bits per heavy atom. The highest BCUT2D eigenvalue weighted by molar-refractivity contribution is 6.11. The molecule has 1 heterocycles. The molecule has 0 radical (unpaired) electrons. The summed E-state index contributed by atoms with van der Waals surface area (Å²) in [5, 5.41) is 19.3. The van der Waals surface area contributed by atoms with Crippen LogP contribution < -0.4 is 10.3 Å². The number of rotatable bonds is 6. The molecule has 0 aliphatic carbocycles. The van der Waals surface area contributed by atoms with Crippen LogP contribution in [0, 0.1) is 0 Å². The fraction of sp³-hybridized carbons (Fsp3) is 0.0500. The maximum absolute atomic E-state index is 12.4. The van der Waals surface area contributed by atoms with Crippen LogP contribution >= 0.6 is 0 Å². The molecule has 0 unspecified atom stereocenters. The summed E-state index contributed by atoms with van der Waals surface area (Å²) in [5.41, 5.74) is -0.0191. The summed E-state index contributed by atoms with van der Waals surface area (Å²) in [7, 11) is 0. The van der Waals surface area contributed by atoms with Gasteiger partial charge in [-0.1, -0.05) is 30.3 Å². The van der Waals surface area contributed by atoms with E-state index in [9.17, 15) is 19.5 Å². The molecule has 1 aromatic heterocycles. The van der Waals surface area contributed by atoms with E-state index in [2.05, 4.69) is 4.98 Å². The molecule has 3 N–H and O–H groups in total. The monoisotopic (exact) mass is 365 g/mol. The molecule has 2 aromatic carbocycles. The summed E-state index contributed by atoms with van der Waals surface area (Å²) in [4.78, 5) is 37.7. The van der Waals surface area contributed by atoms with E-state index in [1.54, 1.807) is 48.5 Å².